The Kier molecular flexibility index (Phi) is 6.00. The highest BCUT2D eigenvalue weighted by Crippen LogP contribution is 2.48. The van der Waals surface area contributed by atoms with Crippen molar-refractivity contribution in [2.75, 3.05) is 38.4 Å². The Morgan fingerprint density at radius 3 is 2.38 bits per heavy atom. The van der Waals surface area contributed by atoms with Gasteiger partial charge in [-0.15, -0.1) is 0 Å². The number of rotatable bonds is 7. The molecular weight excluding hydrogens is 330 g/mol. The molecule has 1 amide bonds. The Hall–Kier alpha value is -1.43. The van der Waals surface area contributed by atoms with Crippen LogP contribution in [0.3, 0.4) is 0 Å². The van der Waals surface area contributed by atoms with Crippen LogP contribution in [0.4, 0.5) is 5.69 Å². The van der Waals surface area contributed by atoms with Gasteiger partial charge in [0.1, 0.15) is 0 Å². The number of nitrogens with zero attached hydrogens (tertiary/aromatic N) is 1. The Bertz CT molecular complexity index is 605. The first-order valence-electron chi connectivity index (χ1n) is 9.72. The molecule has 1 aromatic carbocycles. The van der Waals surface area contributed by atoms with Gasteiger partial charge in [-0.3, -0.25) is 4.79 Å². The summed E-state index contributed by atoms with van der Waals surface area (Å²) in [5, 5.41) is 10.8. The van der Waals surface area contributed by atoms with Gasteiger partial charge in [0.2, 0.25) is 5.91 Å². The molecule has 3 rings (SSSR count). The van der Waals surface area contributed by atoms with E-state index >= 15 is 0 Å². The Labute approximate surface area is 156 Å². The molecule has 0 atom stereocenters. The molecule has 1 spiro atoms. The quantitative estimate of drug-likeness (QED) is 0.759. The third kappa shape index (κ3) is 3.95. The lowest BCUT2D eigenvalue weighted by molar-refractivity contribution is -0.134. The van der Waals surface area contributed by atoms with Crippen LogP contribution in [0.1, 0.15) is 44.6 Å². The summed E-state index contributed by atoms with van der Waals surface area (Å²) in [7, 11) is 1.63. The summed E-state index contributed by atoms with van der Waals surface area (Å²) >= 11 is 0. The third-order valence-electron chi connectivity index (χ3n) is 6.11. The van der Waals surface area contributed by atoms with Crippen molar-refractivity contribution in [3.63, 3.8) is 0 Å². The molecule has 0 bridgehead atoms. The molecule has 144 valence electrons. The SMILES string of the molecule is CCc1ccc(N2CCC3(CCC(O)(COCCOC)CC3)C2=O)cc1. The fraction of sp³-hybridized carbons (Fsp3) is 0.667. The first-order valence-corrected chi connectivity index (χ1v) is 9.72. The molecule has 0 unspecified atom stereocenters. The molecule has 5 heteroatoms. The highest BCUT2D eigenvalue weighted by Gasteiger charge is 2.51. The van der Waals surface area contributed by atoms with E-state index in [1.165, 1.54) is 5.56 Å². The molecular formula is C21H31NO4. The second-order valence-corrected chi connectivity index (χ2v) is 7.78. The minimum absolute atomic E-state index is 0.226. The van der Waals surface area contributed by atoms with Crippen LogP contribution < -0.4 is 4.90 Å². The number of amides is 1. The molecule has 1 aromatic rings. The maximum Gasteiger partial charge on any atom is 0.233 e. The van der Waals surface area contributed by atoms with Crippen molar-refractivity contribution in [2.24, 2.45) is 5.41 Å². The topological polar surface area (TPSA) is 59.0 Å². The molecule has 5 nitrogen and oxygen atoms in total. The molecule has 0 aromatic heterocycles. The van der Waals surface area contributed by atoms with Gasteiger partial charge in [0, 0.05) is 19.3 Å². The average molecular weight is 361 g/mol. The monoisotopic (exact) mass is 361 g/mol. The lowest BCUT2D eigenvalue weighted by atomic mass is 9.68. The zero-order chi connectivity index (χ0) is 18.6. The Morgan fingerprint density at radius 2 is 1.77 bits per heavy atom. The van der Waals surface area contributed by atoms with Crippen LogP contribution in [0.2, 0.25) is 0 Å². The van der Waals surface area contributed by atoms with Crippen molar-refractivity contribution in [3.05, 3.63) is 29.8 Å². The molecule has 1 N–H and O–H groups in total. The molecule has 0 radical (unpaired) electrons. The molecule has 26 heavy (non-hydrogen) atoms. The summed E-state index contributed by atoms with van der Waals surface area (Å²) in [5.74, 6) is 0.226. The lowest BCUT2D eigenvalue weighted by Gasteiger charge is -2.40. The van der Waals surface area contributed by atoms with E-state index in [2.05, 4.69) is 31.2 Å². The van der Waals surface area contributed by atoms with E-state index in [0.29, 0.717) is 32.7 Å². The number of anilines is 1. The number of hydrogen-bond acceptors (Lipinski definition) is 4. The molecule has 1 aliphatic heterocycles. The number of benzene rings is 1. The second-order valence-electron chi connectivity index (χ2n) is 7.78. The maximum atomic E-state index is 13.1. The summed E-state index contributed by atoms with van der Waals surface area (Å²) in [6, 6.07) is 8.31. The Balaban J connectivity index is 1.59. The molecule has 2 fully saturated rings. The van der Waals surface area contributed by atoms with Crippen LogP contribution in [0.15, 0.2) is 24.3 Å². The number of carbonyl (C=O) groups excluding carboxylic acids is 1. The van der Waals surface area contributed by atoms with Crippen LogP contribution in [0.5, 0.6) is 0 Å². The number of aliphatic hydroxyl groups is 1. The predicted octanol–water partition coefficient (Wildman–Crippen LogP) is 2.94. The van der Waals surface area contributed by atoms with Gasteiger partial charge in [0.05, 0.1) is 30.8 Å². The van der Waals surface area contributed by atoms with E-state index in [1.54, 1.807) is 7.11 Å². The van der Waals surface area contributed by atoms with Gasteiger partial charge in [-0.25, -0.2) is 0 Å². The van der Waals surface area contributed by atoms with Crippen molar-refractivity contribution >= 4 is 11.6 Å². The highest BCUT2D eigenvalue weighted by molar-refractivity contribution is 6.00. The molecule has 1 heterocycles. The Morgan fingerprint density at radius 1 is 1.08 bits per heavy atom. The van der Waals surface area contributed by atoms with Gasteiger partial charge in [-0.1, -0.05) is 19.1 Å². The summed E-state index contributed by atoms with van der Waals surface area (Å²) < 4.78 is 10.5. The minimum Gasteiger partial charge on any atom is -0.387 e. The maximum absolute atomic E-state index is 13.1. The van der Waals surface area contributed by atoms with Gasteiger partial charge in [0.15, 0.2) is 0 Å². The first-order chi connectivity index (χ1) is 12.5. The standard InChI is InChI=1S/C21H31NO4/c1-3-17-4-6-18(7-5-17)22-13-12-20(19(22)23)8-10-21(24,11-9-20)16-26-15-14-25-2/h4-7,24H,3,8-16H2,1-2H3. The van der Waals surface area contributed by atoms with Crippen molar-refractivity contribution in [1.82, 2.24) is 0 Å². The van der Waals surface area contributed by atoms with Gasteiger partial charge in [-0.2, -0.15) is 0 Å². The van der Waals surface area contributed by atoms with E-state index in [0.717, 1.165) is 37.9 Å². The van der Waals surface area contributed by atoms with Gasteiger partial charge < -0.3 is 19.5 Å². The molecule has 1 saturated carbocycles. The average Bonchev–Trinajstić information content (AvgIpc) is 2.98. The zero-order valence-electron chi connectivity index (χ0n) is 16.0. The van der Waals surface area contributed by atoms with E-state index in [9.17, 15) is 9.90 Å². The number of ether oxygens (including phenoxy) is 2. The fourth-order valence-electron chi connectivity index (χ4n) is 4.19. The first kappa shape index (κ1) is 19.3. The van der Waals surface area contributed by atoms with Crippen molar-refractivity contribution < 1.29 is 19.4 Å². The predicted molar refractivity (Wildman–Crippen MR) is 101 cm³/mol. The summed E-state index contributed by atoms with van der Waals surface area (Å²) in [6.45, 7) is 4.25. The molecule has 1 aliphatic carbocycles. The van der Waals surface area contributed by atoms with Gasteiger partial charge in [0.25, 0.3) is 0 Å². The normalized spacial score (nSPS) is 28.9. The number of aryl methyl sites for hydroxylation is 1. The van der Waals surface area contributed by atoms with Crippen LogP contribution in [-0.4, -0.2) is 50.1 Å². The number of methoxy groups -OCH3 is 1. The largest absolute Gasteiger partial charge is 0.387 e. The highest BCUT2D eigenvalue weighted by atomic mass is 16.5. The van der Waals surface area contributed by atoms with E-state index in [1.807, 2.05) is 4.90 Å². The van der Waals surface area contributed by atoms with Crippen molar-refractivity contribution in [1.29, 1.82) is 0 Å². The smallest absolute Gasteiger partial charge is 0.233 e. The third-order valence-corrected chi connectivity index (χ3v) is 6.11. The summed E-state index contributed by atoms with van der Waals surface area (Å²) in [4.78, 5) is 15.1. The molecule has 2 aliphatic rings. The van der Waals surface area contributed by atoms with Crippen LogP contribution in [0.25, 0.3) is 0 Å². The van der Waals surface area contributed by atoms with Gasteiger partial charge >= 0.3 is 0 Å². The second kappa shape index (κ2) is 8.07. The van der Waals surface area contributed by atoms with Crippen LogP contribution in [-0.2, 0) is 20.7 Å². The van der Waals surface area contributed by atoms with E-state index in [4.69, 9.17) is 9.47 Å². The fourth-order valence-corrected chi connectivity index (χ4v) is 4.19. The van der Waals surface area contributed by atoms with E-state index < -0.39 is 5.60 Å². The number of hydrogen-bond donors (Lipinski definition) is 1. The summed E-state index contributed by atoms with van der Waals surface area (Å²) in [5.41, 5.74) is 1.16. The van der Waals surface area contributed by atoms with Crippen LogP contribution >= 0.6 is 0 Å². The number of carbonyl (C=O) groups is 1. The molecule has 1 saturated heterocycles. The summed E-state index contributed by atoms with van der Waals surface area (Å²) in [6.07, 6.45) is 4.59. The van der Waals surface area contributed by atoms with Crippen molar-refractivity contribution in [2.45, 2.75) is 51.0 Å². The van der Waals surface area contributed by atoms with E-state index in [-0.39, 0.29) is 11.3 Å². The lowest BCUT2D eigenvalue weighted by Crippen LogP contribution is -2.45. The van der Waals surface area contributed by atoms with Crippen LogP contribution in [0, 0.1) is 5.41 Å². The van der Waals surface area contributed by atoms with Crippen molar-refractivity contribution in [3.8, 4) is 0 Å². The minimum atomic E-state index is -0.810. The van der Waals surface area contributed by atoms with Gasteiger partial charge in [-0.05, 0) is 56.2 Å². The zero-order valence-corrected chi connectivity index (χ0v) is 16.0.